The van der Waals surface area contributed by atoms with Gasteiger partial charge in [0.25, 0.3) is 0 Å². The Labute approximate surface area is 124 Å². The van der Waals surface area contributed by atoms with Gasteiger partial charge in [0.05, 0.1) is 0 Å². The van der Waals surface area contributed by atoms with Crippen LogP contribution >= 0.6 is 11.3 Å². The van der Waals surface area contributed by atoms with Crippen LogP contribution in [-0.2, 0) is 12.8 Å². The first-order valence-electron chi connectivity index (χ1n) is 8.29. The van der Waals surface area contributed by atoms with Crippen LogP contribution in [0.15, 0.2) is 6.07 Å². The van der Waals surface area contributed by atoms with E-state index >= 15 is 0 Å². The van der Waals surface area contributed by atoms with Gasteiger partial charge in [0.2, 0.25) is 0 Å². The van der Waals surface area contributed by atoms with E-state index in [2.05, 4.69) is 32.2 Å². The summed E-state index contributed by atoms with van der Waals surface area (Å²) < 4.78 is 0. The van der Waals surface area contributed by atoms with Crippen molar-refractivity contribution in [2.24, 2.45) is 5.92 Å². The number of aryl methyl sites for hydroxylation is 1. The average molecular weight is 280 g/mol. The normalized spacial score (nSPS) is 12.8. The predicted octanol–water partition coefficient (Wildman–Crippen LogP) is 6.43. The summed E-state index contributed by atoms with van der Waals surface area (Å²) >= 11 is 1.87. The first kappa shape index (κ1) is 16.8. The van der Waals surface area contributed by atoms with Gasteiger partial charge in [-0.3, -0.25) is 0 Å². The molecule has 109 valence electrons. The highest BCUT2D eigenvalue weighted by Gasteiger charge is 2.11. The number of hydrogen-bond donors (Lipinski definition) is 0. The molecule has 19 heavy (non-hydrogen) atoms. The first-order chi connectivity index (χ1) is 9.31. The minimum Gasteiger partial charge on any atom is -0.139 e. The second-order valence-corrected chi connectivity index (χ2v) is 6.68. The van der Waals surface area contributed by atoms with Gasteiger partial charge < -0.3 is 0 Å². The largest absolute Gasteiger partial charge is 0.139 e. The van der Waals surface area contributed by atoms with Gasteiger partial charge in [-0.05, 0) is 36.8 Å². The zero-order valence-corrected chi connectivity index (χ0v) is 14.0. The van der Waals surface area contributed by atoms with Crippen LogP contribution in [-0.4, -0.2) is 0 Å². The predicted molar refractivity (Wildman–Crippen MR) is 88.0 cm³/mol. The number of rotatable bonds is 11. The summed E-state index contributed by atoms with van der Waals surface area (Å²) in [6.07, 6.45) is 13.5. The average Bonchev–Trinajstić information content (AvgIpc) is 2.87. The van der Waals surface area contributed by atoms with Crippen molar-refractivity contribution < 1.29 is 0 Å². The molecular formula is C18H31S. The van der Waals surface area contributed by atoms with Gasteiger partial charge in [0.1, 0.15) is 0 Å². The SMILES string of the molecule is CCCCCCc1c[c]sc1CC(CC)CCCC. The minimum absolute atomic E-state index is 0.890. The summed E-state index contributed by atoms with van der Waals surface area (Å²) in [5.41, 5.74) is 1.59. The maximum Gasteiger partial charge on any atom is 0.0448 e. The molecule has 1 heteroatoms. The van der Waals surface area contributed by atoms with Gasteiger partial charge in [-0.1, -0.05) is 65.7 Å². The van der Waals surface area contributed by atoms with Crippen LogP contribution in [0.4, 0.5) is 0 Å². The third-order valence-corrected chi connectivity index (χ3v) is 5.00. The van der Waals surface area contributed by atoms with E-state index in [1.54, 1.807) is 10.4 Å². The number of thiophene rings is 1. The molecule has 0 aliphatic rings. The van der Waals surface area contributed by atoms with E-state index in [9.17, 15) is 0 Å². The maximum absolute atomic E-state index is 3.37. The number of hydrogen-bond acceptors (Lipinski definition) is 1. The van der Waals surface area contributed by atoms with Crippen LogP contribution < -0.4 is 0 Å². The molecule has 0 saturated heterocycles. The molecular weight excluding hydrogens is 248 g/mol. The van der Waals surface area contributed by atoms with Gasteiger partial charge >= 0.3 is 0 Å². The summed E-state index contributed by atoms with van der Waals surface area (Å²) in [5.74, 6) is 0.890. The van der Waals surface area contributed by atoms with Gasteiger partial charge in [-0.2, -0.15) is 0 Å². The molecule has 0 amide bonds. The van der Waals surface area contributed by atoms with Crippen molar-refractivity contribution in [3.8, 4) is 0 Å². The highest BCUT2D eigenvalue weighted by atomic mass is 32.1. The fraction of sp³-hybridized carbons (Fsp3) is 0.778. The molecule has 1 radical (unpaired) electrons. The second-order valence-electron chi connectivity index (χ2n) is 5.74. The van der Waals surface area contributed by atoms with Crippen LogP contribution in [0.1, 0.15) is 82.6 Å². The molecule has 0 spiro atoms. The summed E-state index contributed by atoms with van der Waals surface area (Å²) in [6, 6.07) is 2.25. The molecule has 0 aromatic carbocycles. The van der Waals surface area contributed by atoms with Crippen molar-refractivity contribution in [3.05, 3.63) is 21.9 Å². The standard InChI is InChI=1S/C18H31S/c1-4-7-9-10-12-17-13-14-19-18(17)15-16(6-3)11-8-5-2/h13,16H,4-12,15H2,1-3H3. The molecule has 0 fully saturated rings. The Balaban J connectivity index is 2.41. The Morgan fingerprint density at radius 1 is 1.05 bits per heavy atom. The molecule has 0 N–H and O–H groups in total. The van der Waals surface area contributed by atoms with Crippen molar-refractivity contribution in [1.82, 2.24) is 0 Å². The lowest BCUT2D eigenvalue weighted by atomic mass is 9.93. The Hall–Kier alpha value is -0.300. The first-order valence-corrected chi connectivity index (χ1v) is 9.11. The molecule has 0 saturated carbocycles. The van der Waals surface area contributed by atoms with Crippen LogP contribution in [0.3, 0.4) is 0 Å². The van der Waals surface area contributed by atoms with Crippen LogP contribution in [0.2, 0.25) is 0 Å². The lowest BCUT2D eigenvalue weighted by Gasteiger charge is -2.14. The van der Waals surface area contributed by atoms with Gasteiger partial charge in [-0.15, -0.1) is 11.3 Å². The van der Waals surface area contributed by atoms with Crippen LogP contribution in [0, 0.1) is 11.3 Å². The van der Waals surface area contributed by atoms with Crippen molar-refractivity contribution in [2.75, 3.05) is 0 Å². The third-order valence-electron chi connectivity index (χ3n) is 4.09. The summed E-state index contributed by atoms with van der Waals surface area (Å²) in [7, 11) is 0. The molecule has 0 bridgehead atoms. The van der Waals surface area contributed by atoms with Crippen molar-refractivity contribution in [3.63, 3.8) is 0 Å². The highest BCUT2D eigenvalue weighted by Crippen LogP contribution is 2.26. The zero-order chi connectivity index (χ0) is 13.9. The molecule has 1 aromatic rings. The van der Waals surface area contributed by atoms with E-state index < -0.39 is 0 Å². The molecule has 1 heterocycles. The molecule has 0 aliphatic heterocycles. The summed E-state index contributed by atoms with van der Waals surface area (Å²) in [6.45, 7) is 6.92. The van der Waals surface area contributed by atoms with E-state index in [-0.39, 0.29) is 0 Å². The fourth-order valence-corrected chi connectivity index (χ4v) is 3.60. The van der Waals surface area contributed by atoms with Crippen LogP contribution in [0.5, 0.6) is 0 Å². The highest BCUT2D eigenvalue weighted by molar-refractivity contribution is 7.09. The van der Waals surface area contributed by atoms with Crippen molar-refractivity contribution in [2.45, 2.75) is 85.0 Å². The lowest BCUT2D eigenvalue weighted by molar-refractivity contribution is 0.450. The maximum atomic E-state index is 3.37. The molecule has 1 atom stereocenters. The summed E-state index contributed by atoms with van der Waals surface area (Å²) in [5, 5.41) is 3.37. The second kappa shape index (κ2) is 10.5. The Morgan fingerprint density at radius 3 is 2.53 bits per heavy atom. The minimum atomic E-state index is 0.890. The Morgan fingerprint density at radius 2 is 1.84 bits per heavy atom. The molecule has 0 nitrogen and oxygen atoms in total. The molecule has 1 rings (SSSR count). The lowest BCUT2D eigenvalue weighted by Crippen LogP contribution is -2.04. The van der Waals surface area contributed by atoms with E-state index in [4.69, 9.17) is 0 Å². The van der Waals surface area contributed by atoms with Crippen LogP contribution in [0.25, 0.3) is 0 Å². The monoisotopic (exact) mass is 279 g/mol. The summed E-state index contributed by atoms with van der Waals surface area (Å²) in [4.78, 5) is 1.62. The molecule has 1 aromatic heterocycles. The number of unbranched alkanes of at least 4 members (excludes halogenated alkanes) is 4. The Kier molecular flexibility index (Phi) is 9.24. The Bertz CT molecular complexity index is 313. The van der Waals surface area contributed by atoms with E-state index in [1.807, 2.05) is 11.3 Å². The van der Waals surface area contributed by atoms with E-state index in [1.165, 1.54) is 64.2 Å². The van der Waals surface area contributed by atoms with Crippen molar-refractivity contribution >= 4 is 11.3 Å². The quantitative estimate of drug-likeness (QED) is 0.409. The zero-order valence-electron chi connectivity index (χ0n) is 13.1. The fourth-order valence-electron chi connectivity index (χ4n) is 2.65. The third kappa shape index (κ3) is 6.61. The smallest absolute Gasteiger partial charge is 0.0448 e. The van der Waals surface area contributed by atoms with E-state index in [0.717, 1.165) is 5.92 Å². The van der Waals surface area contributed by atoms with E-state index in [0.29, 0.717) is 0 Å². The molecule has 0 aliphatic carbocycles. The topological polar surface area (TPSA) is 0 Å². The van der Waals surface area contributed by atoms with Gasteiger partial charge in [-0.25, -0.2) is 0 Å². The van der Waals surface area contributed by atoms with Crippen molar-refractivity contribution in [1.29, 1.82) is 0 Å². The molecule has 1 unspecified atom stereocenters. The van der Waals surface area contributed by atoms with Gasteiger partial charge in [0, 0.05) is 10.3 Å². The van der Waals surface area contributed by atoms with Gasteiger partial charge in [0.15, 0.2) is 0 Å².